The minimum absolute atomic E-state index is 0.00828. The molecule has 0 aromatic carbocycles. The number of aliphatic hydroxyl groups is 1. The van der Waals surface area contributed by atoms with E-state index in [1.807, 2.05) is 28.8 Å². The van der Waals surface area contributed by atoms with E-state index in [2.05, 4.69) is 10.2 Å². The molecule has 86 valence electrons. The van der Waals surface area contributed by atoms with Crippen molar-refractivity contribution in [3.8, 4) is 0 Å². The second kappa shape index (κ2) is 5.29. The highest BCUT2D eigenvalue weighted by Gasteiger charge is 2.08. The highest BCUT2D eigenvalue weighted by atomic mass is 32.2. The van der Waals surface area contributed by atoms with Gasteiger partial charge in [-0.25, -0.2) is 0 Å². The van der Waals surface area contributed by atoms with Crippen LogP contribution in [-0.4, -0.2) is 38.1 Å². The molecule has 16 heavy (non-hydrogen) atoms. The lowest BCUT2D eigenvalue weighted by molar-refractivity contribution is 0.279. The molecule has 3 N–H and O–H groups in total. The summed E-state index contributed by atoms with van der Waals surface area (Å²) >= 11 is 1.56. The normalized spacial score (nSPS) is 13.1. The van der Waals surface area contributed by atoms with E-state index in [1.165, 1.54) is 0 Å². The Morgan fingerprint density at radius 1 is 1.44 bits per heavy atom. The van der Waals surface area contributed by atoms with Crippen molar-refractivity contribution < 1.29 is 5.11 Å². The van der Waals surface area contributed by atoms with Crippen LogP contribution in [0, 0.1) is 0 Å². The summed E-state index contributed by atoms with van der Waals surface area (Å²) in [6.45, 7) is 0.127. The van der Waals surface area contributed by atoms with Gasteiger partial charge in [-0.1, -0.05) is 17.8 Å². The molecule has 0 aliphatic carbocycles. The first-order valence-electron chi connectivity index (χ1n) is 5.10. The average molecular weight is 238 g/mol. The van der Waals surface area contributed by atoms with Crippen LogP contribution in [0.5, 0.6) is 0 Å². The second-order valence-corrected chi connectivity index (χ2v) is 4.48. The largest absolute Gasteiger partial charge is 0.396 e. The third kappa shape index (κ3) is 2.52. The Balaban J connectivity index is 2.04. The number of thioether (sulfide) groups is 1. The van der Waals surface area contributed by atoms with Gasteiger partial charge in [-0.3, -0.25) is 4.40 Å². The van der Waals surface area contributed by atoms with E-state index in [0.717, 1.165) is 16.6 Å². The van der Waals surface area contributed by atoms with Gasteiger partial charge < -0.3 is 10.8 Å². The summed E-state index contributed by atoms with van der Waals surface area (Å²) in [5.74, 6) is 0.732. The molecule has 0 radical (unpaired) electrons. The highest BCUT2D eigenvalue weighted by Crippen LogP contribution is 2.17. The zero-order valence-electron chi connectivity index (χ0n) is 8.78. The number of hydrogen-bond acceptors (Lipinski definition) is 5. The van der Waals surface area contributed by atoms with Crippen molar-refractivity contribution >= 4 is 17.4 Å². The summed E-state index contributed by atoms with van der Waals surface area (Å²) in [5.41, 5.74) is 6.64. The van der Waals surface area contributed by atoms with Crippen LogP contribution in [0.2, 0.25) is 0 Å². The van der Waals surface area contributed by atoms with Crippen molar-refractivity contribution in [1.82, 2.24) is 14.6 Å². The fourth-order valence-corrected chi connectivity index (χ4v) is 2.27. The molecule has 0 saturated heterocycles. The summed E-state index contributed by atoms with van der Waals surface area (Å²) < 4.78 is 1.93. The van der Waals surface area contributed by atoms with Gasteiger partial charge in [-0.05, 0) is 18.6 Å². The highest BCUT2D eigenvalue weighted by molar-refractivity contribution is 7.99. The van der Waals surface area contributed by atoms with Crippen molar-refractivity contribution in [2.75, 3.05) is 12.4 Å². The smallest absolute Gasteiger partial charge is 0.195 e. The van der Waals surface area contributed by atoms with Crippen LogP contribution < -0.4 is 5.73 Å². The Labute approximate surface area is 97.7 Å². The minimum Gasteiger partial charge on any atom is -0.396 e. The van der Waals surface area contributed by atoms with E-state index in [4.69, 9.17) is 10.8 Å². The van der Waals surface area contributed by atoms with Gasteiger partial charge in [0.15, 0.2) is 10.8 Å². The zero-order valence-corrected chi connectivity index (χ0v) is 9.60. The van der Waals surface area contributed by atoms with Crippen LogP contribution in [0.25, 0.3) is 5.65 Å². The van der Waals surface area contributed by atoms with Crippen LogP contribution in [0.3, 0.4) is 0 Å². The fraction of sp³-hybridized carbons (Fsp3) is 0.400. The molecule has 2 heterocycles. The Hall–Kier alpha value is -1.11. The zero-order chi connectivity index (χ0) is 11.4. The van der Waals surface area contributed by atoms with Crippen LogP contribution in [-0.2, 0) is 0 Å². The fourth-order valence-electron chi connectivity index (χ4n) is 1.35. The summed E-state index contributed by atoms with van der Waals surface area (Å²) in [7, 11) is 0. The number of rotatable bonds is 5. The molecular weight excluding hydrogens is 224 g/mol. The number of aliphatic hydroxyl groups excluding tert-OH is 1. The van der Waals surface area contributed by atoms with E-state index in [0.29, 0.717) is 6.42 Å². The monoisotopic (exact) mass is 238 g/mol. The lowest BCUT2D eigenvalue weighted by Crippen LogP contribution is -2.24. The molecule has 1 atom stereocenters. The van der Waals surface area contributed by atoms with Gasteiger partial charge >= 0.3 is 0 Å². The van der Waals surface area contributed by atoms with E-state index in [-0.39, 0.29) is 12.6 Å². The number of aromatic nitrogens is 3. The van der Waals surface area contributed by atoms with Gasteiger partial charge in [0.1, 0.15) is 0 Å². The molecular formula is C10H14N4OS. The predicted molar refractivity (Wildman–Crippen MR) is 63.4 cm³/mol. The Morgan fingerprint density at radius 3 is 3.12 bits per heavy atom. The van der Waals surface area contributed by atoms with E-state index in [1.54, 1.807) is 11.8 Å². The van der Waals surface area contributed by atoms with Gasteiger partial charge in [-0.2, -0.15) is 0 Å². The number of nitrogens with two attached hydrogens (primary N) is 1. The van der Waals surface area contributed by atoms with Crippen LogP contribution >= 0.6 is 11.8 Å². The maximum atomic E-state index is 8.74. The average Bonchev–Trinajstić information content (AvgIpc) is 2.70. The number of pyridine rings is 1. The second-order valence-electron chi connectivity index (χ2n) is 3.49. The van der Waals surface area contributed by atoms with Crippen molar-refractivity contribution in [1.29, 1.82) is 0 Å². The lowest BCUT2D eigenvalue weighted by Gasteiger charge is -2.07. The van der Waals surface area contributed by atoms with Crippen molar-refractivity contribution in [2.24, 2.45) is 5.73 Å². The molecule has 0 bridgehead atoms. The predicted octanol–water partition coefficient (Wildman–Crippen LogP) is 0.531. The number of fused-ring (bicyclic) bond motifs is 1. The molecule has 2 rings (SSSR count). The number of hydrogen-bond donors (Lipinski definition) is 2. The molecule has 5 nitrogen and oxygen atoms in total. The molecule has 0 spiro atoms. The van der Waals surface area contributed by atoms with Crippen LogP contribution in [0.15, 0.2) is 29.6 Å². The van der Waals surface area contributed by atoms with Gasteiger partial charge in [0.2, 0.25) is 0 Å². The van der Waals surface area contributed by atoms with Gasteiger partial charge in [0.25, 0.3) is 0 Å². The standard InChI is InChI=1S/C10H14N4OS/c11-8(4-6-15)7-16-10-13-12-9-3-1-2-5-14(9)10/h1-3,5,8,15H,4,6-7,11H2. The van der Waals surface area contributed by atoms with Crippen molar-refractivity contribution in [3.63, 3.8) is 0 Å². The molecule has 0 amide bonds. The molecule has 6 heteroatoms. The van der Waals surface area contributed by atoms with Gasteiger partial charge in [-0.15, -0.1) is 10.2 Å². The van der Waals surface area contributed by atoms with Crippen molar-refractivity contribution in [3.05, 3.63) is 24.4 Å². The molecule has 0 aliphatic rings. The van der Waals surface area contributed by atoms with E-state index in [9.17, 15) is 0 Å². The maximum absolute atomic E-state index is 8.74. The Bertz CT molecular complexity index is 459. The summed E-state index contributed by atoms with van der Waals surface area (Å²) in [4.78, 5) is 0. The molecule has 1 unspecified atom stereocenters. The Kier molecular flexibility index (Phi) is 3.76. The SMILES string of the molecule is NC(CCO)CSc1nnc2ccccn12. The quantitative estimate of drug-likeness (QED) is 0.743. The first kappa shape index (κ1) is 11.4. The summed E-state index contributed by atoms with van der Waals surface area (Å²) in [5, 5.41) is 17.7. The third-order valence-electron chi connectivity index (χ3n) is 2.21. The topological polar surface area (TPSA) is 76.4 Å². The first-order valence-corrected chi connectivity index (χ1v) is 6.09. The molecule has 0 fully saturated rings. The lowest BCUT2D eigenvalue weighted by atomic mass is 10.3. The summed E-state index contributed by atoms with van der Waals surface area (Å²) in [6, 6.07) is 5.76. The van der Waals surface area contributed by atoms with Gasteiger partial charge in [0.05, 0.1) is 0 Å². The van der Waals surface area contributed by atoms with E-state index >= 15 is 0 Å². The third-order valence-corrected chi connectivity index (χ3v) is 3.34. The van der Waals surface area contributed by atoms with Crippen LogP contribution in [0.1, 0.15) is 6.42 Å². The molecule has 2 aromatic rings. The molecule has 2 aromatic heterocycles. The Morgan fingerprint density at radius 2 is 2.31 bits per heavy atom. The van der Waals surface area contributed by atoms with Crippen molar-refractivity contribution in [2.45, 2.75) is 17.6 Å². The van der Waals surface area contributed by atoms with Crippen LogP contribution in [0.4, 0.5) is 0 Å². The number of nitrogens with zero attached hydrogens (tertiary/aromatic N) is 3. The molecule has 0 aliphatic heterocycles. The maximum Gasteiger partial charge on any atom is 0.195 e. The van der Waals surface area contributed by atoms with E-state index < -0.39 is 0 Å². The minimum atomic E-state index is -0.00828. The van der Waals surface area contributed by atoms with Gasteiger partial charge in [0, 0.05) is 24.6 Å². The first-order chi connectivity index (χ1) is 7.81. The molecule has 0 saturated carbocycles. The summed E-state index contributed by atoms with van der Waals surface area (Å²) in [6.07, 6.45) is 2.54.